The fourth-order valence-corrected chi connectivity index (χ4v) is 7.86. The molecular formula is C31H48N2O. The van der Waals surface area contributed by atoms with Crippen LogP contribution in [-0.2, 0) is 0 Å². The Labute approximate surface area is 208 Å². The van der Waals surface area contributed by atoms with E-state index in [-0.39, 0.29) is 0 Å². The molecule has 1 aromatic rings. The smallest absolute Gasteiger partial charge is 0.150 e. The van der Waals surface area contributed by atoms with Crippen LogP contribution in [0, 0.1) is 0 Å². The van der Waals surface area contributed by atoms with Crippen molar-refractivity contribution >= 4 is 17.7 Å². The molecule has 4 saturated carbocycles. The molecule has 0 aliphatic heterocycles. The van der Waals surface area contributed by atoms with E-state index in [1.165, 1.54) is 140 Å². The number of hydrogen-bond donors (Lipinski definition) is 0. The van der Waals surface area contributed by atoms with Gasteiger partial charge in [-0.15, -0.1) is 0 Å². The first-order chi connectivity index (χ1) is 16.8. The summed E-state index contributed by atoms with van der Waals surface area (Å²) in [7, 11) is 0. The summed E-state index contributed by atoms with van der Waals surface area (Å²) >= 11 is 0. The molecule has 0 N–H and O–H groups in total. The van der Waals surface area contributed by atoms with E-state index < -0.39 is 0 Å². The topological polar surface area (TPSA) is 23.6 Å². The highest BCUT2D eigenvalue weighted by atomic mass is 16.1. The van der Waals surface area contributed by atoms with Gasteiger partial charge in [0.25, 0.3) is 0 Å². The quantitative estimate of drug-likeness (QED) is 0.378. The average Bonchev–Trinajstić information content (AvgIpc) is 2.91. The van der Waals surface area contributed by atoms with Gasteiger partial charge in [-0.25, -0.2) is 0 Å². The second-order valence-electron chi connectivity index (χ2n) is 11.9. The van der Waals surface area contributed by atoms with E-state index in [4.69, 9.17) is 0 Å². The van der Waals surface area contributed by atoms with Gasteiger partial charge in [-0.05, 0) is 69.6 Å². The Bertz CT molecular complexity index is 673. The van der Waals surface area contributed by atoms with E-state index in [0.717, 1.165) is 11.8 Å². The molecule has 0 heterocycles. The van der Waals surface area contributed by atoms with Crippen molar-refractivity contribution in [3.8, 4) is 0 Å². The Morgan fingerprint density at radius 3 is 1.03 bits per heavy atom. The summed E-state index contributed by atoms with van der Waals surface area (Å²) in [5, 5.41) is 0. The normalized spacial score (nSPS) is 24.1. The van der Waals surface area contributed by atoms with E-state index in [2.05, 4.69) is 28.0 Å². The maximum Gasteiger partial charge on any atom is 0.150 e. The SMILES string of the molecule is O=Cc1cc(N(C2CCCCC2)C2CCCCC2)cc(N(C2CCCCC2)C2CCCCC2)c1. The zero-order valence-electron chi connectivity index (χ0n) is 21.6. The molecule has 188 valence electrons. The zero-order chi connectivity index (χ0) is 23.2. The number of aldehydes is 1. The first-order valence-electron chi connectivity index (χ1n) is 15.0. The van der Waals surface area contributed by atoms with E-state index >= 15 is 0 Å². The molecule has 0 spiro atoms. The standard InChI is InChI=1S/C31H48N2O/c34-24-25-21-30(32(26-13-5-1-6-14-26)27-15-7-2-8-16-27)23-31(22-25)33(28-17-9-3-10-18-28)29-19-11-4-12-20-29/h21-24,26-29H,1-20H2. The van der Waals surface area contributed by atoms with E-state index in [1.807, 2.05) is 0 Å². The number of benzene rings is 1. The van der Waals surface area contributed by atoms with Gasteiger partial charge in [-0.2, -0.15) is 0 Å². The summed E-state index contributed by atoms with van der Waals surface area (Å²) in [5.74, 6) is 0. The Hall–Kier alpha value is -1.51. The van der Waals surface area contributed by atoms with Crippen molar-refractivity contribution in [3.05, 3.63) is 23.8 Å². The Morgan fingerprint density at radius 1 is 0.471 bits per heavy atom. The lowest BCUT2D eigenvalue weighted by Crippen LogP contribution is -2.47. The molecule has 3 nitrogen and oxygen atoms in total. The fourth-order valence-electron chi connectivity index (χ4n) is 7.86. The summed E-state index contributed by atoms with van der Waals surface area (Å²) < 4.78 is 0. The monoisotopic (exact) mass is 464 g/mol. The third-order valence-corrected chi connectivity index (χ3v) is 9.53. The van der Waals surface area contributed by atoms with Gasteiger partial charge in [0.05, 0.1) is 0 Å². The molecule has 0 atom stereocenters. The lowest BCUT2D eigenvalue weighted by Gasteiger charge is -2.46. The van der Waals surface area contributed by atoms with Crippen molar-refractivity contribution in [2.24, 2.45) is 0 Å². The molecule has 4 fully saturated rings. The van der Waals surface area contributed by atoms with Crippen molar-refractivity contribution < 1.29 is 4.79 Å². The first-order valence-corrected chi connectivity index (χ1v) is 15.0. The molecule has 0 saturated heterocycles. The molecule has 4 aliphatic rings. The third kappa shape index (κ3) is 5.65. The largest absolute Gasteiger partial charge is 0.365 e. The van der Waals surface area contributed by atoms with Crippen LogP contribution in [0.15, 0.2) is 18.2 Å². The predicted octanol–water partition coefficient (Wildman–Crippen LogP) is 8.44. The molecule has 1 aromatic carbocycles. The van der Waals surface area contributed by atoms with Gasteiger partial charge in [-0.3, -0.25) is 4.79 Å². The van der Waals surface area contributed by atoms with Crippen LogP contribution in [0.1, 0.15) is 139 Å². The minimum Gasteiger partial charge on any atom is -0.365 e. The summed E-state index contributed by atoms with van der Waals surface area (Å²) in [6.07, 6.45) is 28.2. The number of rotatable bonds is 7. The van der Waals surface area contributed by atoms with Gasteiger partial charge in [0.2, 0.25) is 0 Å². The molecule has 0 radical (unpaired) electrons. The van der Waals surface area contributed by atoms with Crippen molar-refractivity contribution in [2.75, 3.05) is 9.80 Å². The number of anilines is 2. The third-order valence-electron chi connectivity index (χ3n) is 9.53. The van der Waals surface area contributed by atoms with Crippen molar-refractivity contribution in [1.82, 2.24) is 0 Å². The van der Waals surface area contributed by atoms with Crippen LogP contribution in [-0.4, -0.2) is 30.5 Å². The number of hydrogen-bond acceptors (Lipinski definition) is 3. The molecule has 0 unspecified atom stereocenters. The molecule has 0 amide bonds. The predicted molar refractivity (Wildman–Crippen MR) is 144 cm³/mol. The molecule has 0 aromatic heterocycles. The zero-order valence-corrected chi connectivity index (χ0v) is 21.6. The minimum absolute atomic E-state index is 0.657. The fraction of sp³-hybridized carbons (Fsp3) is 0.774. The summed E-state index contributed by atoms with van der Waals surface area (Å²) in [6.45, 7) is 0. The molecular weight excluding hydrogens is 416 g/mol. The Kier molecular flexibility index (Phi) is 8.51. The van der Waals surface area contributed by atoms with Crippen LogP contribution >= 0.6 is 0 Å². The van der Waals surface area contributed by atoms with Crippen LogP contribution < -0.4 is 9.80 Å². The van der Waals surface area contributed by atoms with Gasteiger partial charge in [0.15, 0.2) is 0 Å². The highest BCUT2D eigenvalue weighted by Gasteiger charge is 2.32. The highest BCUT2D eigenvalue weighted by Crippen LogP contribution is 2.40. The number of carbonyl (C=O) groups excluding carboxylic acids is 1. The van der Waals surface area contributed by atoms with Crippen LogP contribution in [0.4, 0.5) is 11.4 Å². The van der Waals surface area contributed by atoms with E-state index in [0.29, 0.717) is 24.2 Å². The second-order valence-corrected chi connectivity index (χ2v) is 11.9. The summed E-state index contributed by atoms with van der Waals surface area (Å²) in [5.41, 5.74) is 3.60. The molecule has 34 heavy (non-hydrogen) atoms. The second kappa shape index (κ2) is 12.0. The van der Waals surface area contributed by atoms with Crippen molar-refractivity contribution in [2.45, 2.75) is 153 Å². The minimum atomic E-state index is 0.657. The van der Waals surface area contributed by atoms with Gasteiger partial charge in [0.1, 0.15) is 6.29 Å². The molecule has 5 rings (SSSR count). The molecule has 3 heteroatoms. The summed E-state index contributed by atoms with van der Waals surface area (Å²) in [4.78, 5) is 17.9. The van der Waals surface area contributed by atoms with Gasteiger partial charge < -0.3 is 9.80 Å². The maximum absolute atomic E-state index is 12.2. The lowest BCUT2D eigenvalue weighted by atomic mass is 9.87. The van der Waals surface area contributed by atoms with Gasteiger partial charge in [-0.1, -0.05) is 77.0 Å². The van der Waals surface area contributed by atoms with Gasteiger partial charge >= 0.3 is 0 Å². The van der Waals surface area contributed by atoms with Crippen LogP contribution in [0.3, 0.4) is 0 Å². The van der Waals surface area contributed by atoms with Crippen LogP contribution in [0.5, 0.6) is 0 Å². The van der Waals surface area contributed by atoms with Gasteiger partial charge in [0, 0.05) is 41.1 Å². The average molecular weight is 465 g/mol. The number of carbonyl (C=O) groups is 1. The number of nitrogens with zero attached hydrogens (tertiary/aromatic N) is 2. The van der Waals surface area contributed by atoms with Crippen molar-refractivity contribution in [1.29, 1.82) is 0 Å². The molecule has 4 aliphatic carbocycles. The van der Waals surface area contributed by atoms with Crippen LogP contribution in [0.25, 0.3) is 0 Å². The Balaban J connectivity index is 1.52. The first kappa shape index (κ1) is 24.2. The Morgan fingerprint density at radius 2 is 0.765 bits per heavy atom. The van der Waals surface area contributed by atoms with E-state index in [9.17, 15) is 4.79 Å². The maximum atomic E-state index is 12.2. The van der Waals surface area contributed by atoms with Crippen molar-refractivity contribution in [3.63, 3.8) is 0 Å². The summed E-state index contributed by atoms with van der Waals surface area (Å²) in [6, 6.07) is 9.63. The van der Waals surface area contributed by atoms with Crippen LogP contribution in [0.2, 0.25) is 0 Å². The lowest BCUT2D eigenvalue weighted by molar-refractivity contribution is 0.112. The molecule has 0 bridgehead atoms. The van der Waals surface area contributed by atoms with E-state index in [1.54, 1.807) is 0 Å². The highest BCUT2D eigenvalue weighted by molar-refractivity contribution is 5.81.